The van der Waals surface area contributed by atoms with E-state index >= 15 is 0 Å². The maximum atomic E-state index is 13.2. The highest BCUT2D eigenvalue weighted by atomic mass is 79.9. The van der Waals surface area contributed by atoms with Gasteiger partial charge >= 0.3 is 8.25 Å². The number of rotatable bonds is 8. The Labute approximate surface area is 222 Å². The third kappa shape index (κ3) is 6.55. The van der Waals surface area contributed by atoms with Gasteiger partial charge in [-0.25, -0.2) is 18.2 Å². The van der Waals surface area contributed by atoms with Crippen molar-refractivity contribution in [3.05, 3.63) is 100 Å². The van der Waals surface area contributed by atoms with Crippen molar-refractivity contribution in [2.75, 3.05) is 0 Å². The normalized spacial score (nSPS) is 12.7. The van der Waals surface area contributed by atoms with Crippen LogP contribution in [0.5, 0.6) is 0 Å². The molecule has 0 bridgehead atoms. The minimum Gasteiger partial charge on any atom is -0.317 e. The predicted octanol–water partition coefficient (Wildman–Crippen LogP) is 4.35. The number of aryl methyl sites for hydroxylation is 1. The lowest BCUT2D eigenvalue weighted by Gasteiger charge is -2.12. The van der Waals surface area contributed by atoms with Crippen LogP contribution in [-0.4, -0.2) is 29.0 Å². The van der Waals surface area contributed by atoms with E-state index < -0.39 is 30.4 Å². The Balaban J connectivity index is 1.73. The molecule has 0 radical (unpaired) electrons. The summed E-state index contributed by atoms with van der Waals surface area (Å²) in [4.78, 5) is 22.5. The number of nitrogens with zero attached hydrogens (tertiary/aromatic N) is 2. The molecule has 4 N–H and O–H groups in total. The van der Waals surface area contributed by atoms with Crippen LogP contribution in [0.25, 0.3) is 16.9 Å². The van der Waals surface area contributed by atoms with Crippen LogP contribution in [0, 0.1) is 6.92 Å². The van der Waals surface area contributed by atoms with Crippen LogP contribution in [0.15, 0.2) is 88.2 Å². The molecule has 0 fully saturated rings. The van der Waals surface area contributed by atoms with Gasteiger partial charge in [0.1, 0.15) is 0 Å². The van der Waals surface area contributed by atoms with Gasteiger partial charge in [-0.15, -0.1) is 4.89 Å². The molecular weight excluding hydrogens is 583 g/mol. The molecule has 0 spiro atoms. The number of carbonyl (C=O) groups excluding carboxylic acids is 1. The van der Waals surface area contributed by atoms with Crippen LogP contribution in [0.4, 0.5) is 0 Å². The van der Waals surface area contributed by atoms with E-state index in [1.807, 2.05) is 31.2 Å². The van der Waals surface area contributed by atoms with Gasteiger partial charge in [0.25, 0.3) is 5.91 Å². The van der Waals surface area contributed by atoms with E-state index in [1.54, 1.807) is 30.3 Å². The summed E-state index contributed by atoms with van der Waals surface area (Å²) < 4.78 is 42.1. The number of hydrogen-bond donors (Lipinski definition) is 3. The first-order chi connectivity index (χ1) is 17.5. The van der Waals surface area contributed by atoms with Crippen LogP contribution in [0.1, 0.15) is 27.8 Å². The highest BCUT2D eigenvalue weighted by Gasteiger charge is 2.28. The Morgan fingerprint density at radius 2 is 1.70 bits per heavy atom. The van der Waals surface area contributed by atoms with Crippen LogP contribution < -0.4 is 10.5 Å². The number of primary sulfonamides is 1. The summed E-state index contributed by atoms with van der Waals surface area (Å²) in [6.45, 7) is 1.94. The number of nitrogens with one attached hydrogen (secondary N) is 1. The fourth-order valence-corrected chi connectivity index (χ4v) is 4.62. The van der Waals surface area contributed by atoms with E-state index in [9.17, 15) is 22.7 Å². The molecule has 1 heterocycles. The molecule has 2 unspecified atom stereocenters. The van der Waals surface area contributed by atoms with Gasteiger partial charge < -0.3 is 5.32 Å². The summed E-state index contributed by atoms with van der Waals surface area (Å²) in [5.41, 5.74) is 3.30. The number of amides is 1. The minimum atomic E-state index is -3.88. The quantitative estimate of drug-likeness (QED) is 0.200. The Hall–Kier alpha value is -3.25. The Morgan fingerprint density at radius 3 is 2.27 bits per heavy atom. The molecule has 0 aliphatic carbocycles. The lowest BCUT2D eigenvalue weighted by atomic mass is 10.1. The van der Waals surface area contributed by atoms with Gasteiger partial charge in [0.05, 0.1) is 16.3 Å². The third-order valence-electron chi connectivity index (χ3n) is 5.33. The third-order valence-corrected chi connectivity index (χ3v) is 7.18. The maximum Gasteiger partial charge on any atom is 0.697 e. The lowest BCUT2D eigenvalue weighted by molar-refractivity contribution is 0.0817. The van der Waals surface area contributed by atoms with E-state index in [1.165, 1.54) is 28.9 Å². The molecular formula is C24H21BrN4O6PS+. The van der Waals surface area contributed by atoms with Crippen molar-refractivity contribution >= 4 is 40.1 Å². The average molecular weight is 604 g/mol. The van der Waals surface area contributed by atoms with Gasteiger partial charge in [0.15, 0.2) is 5.69 Å². The highest BCUT2D eigenvalue weighted by molar-refractivity contribution is 9.10. The molecule has 10 nitrogen and oxygen atoms in total. The molecule has 0 saturated carbocycles. The van der Waals surface area contributed by atoms with E-state index in [2.05, 4.69) is 26.3 Å². The number of aromatic nitrogens is 2. The van der Waals surface area contributed by atoms with Crippen molar-refractivity contribution in [3.63, 3.8) is 0 Å². The molecule has 37 heavy (non-hydrogen) atoms. The Morgan fingerprint density at radius 1 is 1.08 bits per heavy atom. The van der Waals surface area contributed by atoms with Crippen molar-refractivity contribution in [1.29, 1.82) is 0 Å². The summed E-state index contributed by atoms with van der Waals surface area (Å²) in [7, 11) is -6.91. The van der Waals surface area contributed by atoms with E-state index in [0.29, 0.717) is 16.9 Å². The Bertz CT molecular complexity index is 1560. The monoisotopic (exact) mass is 603 g/mol. The number of hydrogen-bond acceptors (Lipinski definition) is 6. The molecule has 2 atom stereocenters. The lowest BCUT2D eigenvalue weighted by Crippen LogP contribution is -2.29. The van der Waals surface area contributed by atoms with E-state index in [-0.39, 0.29) is 10.6 Å². The van der Waals surface area contributed by atoms with Crippen LogP contribution >= 0.6 is 24.2 Å². The number of carbonyl (C=O) groups is 1. The second kappa shape index (κ2) is 11.0. The van der Waals surface area contributed by atoms with Crippen LogP contribution in [0.3, 0.4) is 0 Å². The van der Waals surface area contributed by atoms with Crippen LogP contribution in [-0.2, 0) is 19.1 Å². The smallest absolute Gasteiger partial charge is 0.317 e. The standard InChI is InChI=1S/C24H20BrN4O6PS/c1-15-2-4-16(5-3-15)22-14-21(28-29(22)19-10-12-20(13-11-19)37(26,33)34)23(30)27-24(35-36(31)32)17-6-8-18(25)9-7-17/h2-14,24H,1H3,(H3-,26,27,30,31,32,33,34)/p+1. The highest BCUT2D eigenvalue weighted by Crippen LogP contribution is 2.29. The molecule has 1 amide bonds. The average Bonchev–Trinajstić information content (AvgIpc) is 3.29. The summed E-state index contributed by atoms with van der Waals surface area (Å²) in [6, 6.07) is 21.5. The molecule has 190 valence electrons. The zero-order valence-corrected chi connectivity index (χ0v) is 22.6. The largest absolute Gasteiger partial charge is 0.697 e. The first kappa shape index (κ1) is 26.8. The van der Waals surface area contributed by atoms with Crippen molar-refractivity contribution in [2.24, 2.45) is 5.14 Å². The topological polar surface area (TPSA) is 154 Å². The molecule has 0 aliphatic rings. The first-order valence-electron chi connectivity index (χ1n) is 10.7. The predicted molar refractivity (Wildman–Crippen MR) is 140 cm³/mol. The summed E-state index contributed by atoms with van der Waals surface area (Å²) in [6.07, 6.45) is -1.21. The molecule has 3 aromatic carbocycles. The molecule has 0 saturated heterocycles. The number of halogens is 1. The van der Waals surface area contributed by atoms with Crippen LogP contribution in [0.2, 0.25) is 0 Å². The second-order valence-electron chi connectivity index (χ2n) is 7.98. The van der Waals surface area contributed by atoms with E-state index in [0.717, 1.165) is 15.6 Å². The molecule has 4 aromatic rings. The summed E-state index contributed by atoms with van der Waals surface area (Å²) in [5, 5.41) is 12.2. The number of benzene rings is 3. The maximum absolute atomic E-state index is 13.2. The van der Waals surface area contributed by atoms with Gasteiger partial charge in [0, 0.05) is 20.2 Å². The molecule has 13 heteroatoms. The van der Waals surface area contributed by atoms with Crippen molar-refractivity contribution < 1.29 is 27.2 Å². The second-order valence-corrected chi connectivity index (χ2v) is 11.1. The van der Waals surface area contributed by atoms with Gasteiger partial charge in [0.2, 0.25) is 16.3 Å². The number of nitrogens with two attached hydrogens (primary N) is 1. The fourth-order valence-electron chi connectivity index (χ4n) is 3.49. The van der Waals surface area contributed by atoms with Gasteiger partial charge in [-0.1, -0.05) is 62.4 Å². The van der Waals surface area contributed by atoms with Crippen molar-refractivity contribution in [3.8, 4) is 16.9 Å². The van der Waals surface area contributed by atoms with Crippen molar-refractivity contribution in [2.45, 2.75) is 18.0 Å². The minimum absolute atomic E-state index is 0.00461. The van der Waals surface area contributed by atoms with Gasteiger partial charge in [-0.3, -0.25) is 4.79 Å². The van der Waals surface area contributed by atoms with E-state index in [4.69, 9.17) is 9.66 Å². The molecule has 4 rings (SSSR count). The molecule has 1 aromatic heterocycles. The fraction of sp³-hybridized carbons (Fsp3) is 0.0833. The zero-order valence-electron chi connectivity index (χ0n) is 19.3. The SMILES string of the molecule is Cc1ccc(-c2cc(C(=O)NC(O[P+](=O)O)c3ccc(Br)cc3)nn2-c2ccc(S(N)(=O)=O)cc2)cc1. The summed E-state index contributed by atoms with van der Waals surface area (Å²) >= 11 is 3.32. The Kier molecular flexibility index (Phi) is 7.98. The number of sulfonamides is 1. The van der Waals surface area contributed by atoms with Gasteiger partial charge in [-0.2, -0.15) is 5.10 Å². The van der Waals surface area contributed by atoms with Gasteiger partial charge in [-0.05, 0) is 49.4 Å². The zero-order chi connectivity index (χ0) is 26.7. The van der Waals surface area contributed by atoms with Crippen molar-refractivity contribution in [1.82, 2.24) is 15.1 Å². The molecule has 0 aliphatic heterocycles. The summed E-state index contributed by atoms with van der Waals surface area (Å²) in [5.74, 6) is -0.655. The first-order valence-corrected chi connectivity index (χ1v) is 14.2.